The molecule has 8 atom stereocenters. The summed E-state index contributed by atoms with van der Waals surface area (Å²) in [6.45, 7) is 7.48. The first-order valence-electron chi connectivity index (χ1n) is 11.8. The molecule has 27 heavy (non-hydrogen) atoms. The summed E-state index contributed by atoms with van der Waals surface area (Å²) in [6, 6.07) is 0. The van der Waals surface area contributed by atoms with Gasteiger partial charge in [-0.2, -0.15) is 0 Å². The van der Waals surface area contributed by atoms with Gasteiger partial charge < -0.3 is 15.3 Å². The van der Waals surface area contributed by atoms with Gasteiger partial charge in [-0.15, -0.1) is 0 Å². The molecule has 0 aromatic heterocycles. The number of hydrogen-bond acceptors (Lipinski definition) is 3. The number of aliphatic hydroxyl groups is 3. The van der Waals surface area contributed by atoms with E-state index in [2.05, 4.69) is 20.8 Å². The summed E-state index contributed by atoms with van der Waals surface area (Å²) in [5.74, 6) is 2.34. The van der Waals surface area contributed by atoms with Crippen molar-refractivity contribution in [2.45, 2.75) is 104 Å². The minimum Gasteiger partial charge on any atom is -0.344 e. The molecule has 0 amide bonds. The monoisotopic (exact) mass is 378 g/mol. The maximum Gasteiger partial charge on any atom is 0.275 e. The second kappa shape index (κ2) is 6.99. The van der Waals surface area contributed by atoms with Gasteiger partial charge in [0, 0.05) is 6.42 Å². The first-order chi connectivity index (χ1) is 12.7. The maximum absolute atomic E-state index is 9.31. The normalized spacial score (nSPS) is 48.4. The molecule has 4 aliphatic rings. The quantitative estimate of drug-likeness (QED) is 0.598. The molecule has 4 saturated carbocycles. The van der Waals surface area contributed by atoms with Crippen LogP contribution in [0.1, 0.15) is 97.8 Å². The SMILES string of the molecule is CC(CCC(O)(O)O)[C@H]1CC[C@H]2[C@@H]3CCC4CCCC[C@]4(C)[C@H]3CC[C@]12C. The van der Waals surface area contributed by atoms with Crippen LogP contribution in [0.15, 0.2) is 0 Å². The molecular weight excluding hydrogens is 336 g/mol. The lowest BCUT2D eigenvalue weighted by molar-refractivity contribution is -0.316. The molecule has 3 nitrogen and oxygen atoms in total. The average molecular weight is 379 g/mol. The van der Waals surface area contributed by atoms with E-state index in [9.17, 15) is 15.3 Å². The fourth-order valence-corrected chi connectivity index (χ4v) is 8.89. The van der Waals surface area contributed by atoms with Crippen molar-refractivity contribution in [1.29, 1.82) is 0 Å². The molecule has 4 fully saturated rings. The molecule has 4 aliphatic carbocycles. The largest absolute Gasteiger partial charge is 0.344 e. The van der Waals surface area contributed by atoms with E-state index >= 15 is 0 Å². The summed E-state index contributed by atoms with van der Waals surface area (Å²) in [7, 11) is 0. The second-order valence-corrected chi connectivity index (χ2v) is 11.4. The molecule has 3 N–H and O–H groups in total. The minimum atomic E-state index is -2.50. The molecule has 0 saturated heterocycles. The van der Waals surface area contributed by atoms with E-state index in [0.29, 0.717) is 29.1 Å². The van der Waals surface area contributed by atoms with Crippen LogP contribution < -0.4 is 0 Å². The summed E-state index contributed by atoms with van der Waals surface area (Å²) in [4.78, 5) is 0. The van der Waals surface area contributed by atoms with Gasteiger partial charge in [0.15, 0.2) is 0 Å². The standard InChI is InChI=1S/C24H42O3/c1-16(11-15-24(25,26)27)19-9-10-20-18-8-7-17-6-4-5-13-22(17,2)21(18)12-14-23(19,20)3/h16-21,25-27H,4-15H2,1-3H3/t16?,17?,18-,19+,20-,21-,22-,23+/m0/s1. The van der Waals surface area contributed by atoms with Gasteiger partial charge in [-0.05, 0) is 104 Å². The number of hydrogen-bond donors (Lipinski definition) is 3. The Labute approximate surface area is 165 Å². The van der Waals surface area contributed by atoms with Gasteiger partial charge in [-0.3, -0.25) is 0 Å². The predicted molar refractivity (Wildman–Crippen MR) is 108 cm³/mol. The van der Waals surface area contributed by atoms with Crippen LogP contribution in [0.5, 0.6) is 0 Å². The summed E-state index contributed by atoms with van der Waals surface area (Å²) in [5, 5.41) is 27.9. The van der Waals surface area contributed by atoms with Gasteiger partial charge in [-0.25, -0.2) is 0 Å². The Kier molecular flexibility index (Phi) is 5.22. The molecule has 0 aromatic carbocycles. The molecule has 3 heteroatoms. The molecule has 0 aromatic rings. The van der Waals surface area contributed by atoms with Gasteiger partial charge in [0.05, 0.1) is 0 Å². The van der Waals surface area contributed by atoms with Crippen molar-refractivity contribution in [3.05, 3.63) is 0 Å². The van der Waals surface area contributed by atoms with Crippen LogP contribution in [-0.2, 0) is 0 Å². The van der Waals surface area contributed by atoms with E-state index in [1.165, 1.54) is 64.2 Å². The Bertz CT molecular complexity index is 540. The van der Waals surface area contributed by atoms with E-state index < -0.39 is 5.97 Å². The van der Waals surface area contributed by atoms with Crippen molar-refractivity contribution in [3.8, 4) is 0 Å². The molecule has 0 spiro atoms. The summed E-state index contributed by atoms with van der Waals surface area (Å²) in [6.07, 6.45) is 15.0. The van der Waals surface area contributed by atoms with Gasteiger partial charge in [0.1, 0.15) is 0 Å². The minimum absolute atomic E-state index is 0.0667. The molecule has 0 heterocycles. The second-order valence-electron chi connectivity index (χ2n) is 11.4. The number of fused-ring (bicyclic) bond motifs is 5. The predicted octanol–water partition coefficient (Wildman–Crippen LogP) is 5.08. The van der Waals surface area contributed by atoms with Crippen molar-refractivity contribution in [2.75, 3.05) is 0 Å². The molecular formula is C24H42O3. The third kappa shape index (κ3) is 3.40. The Morgan fingerprint density at radius 3 is 2.33 bits per heavy atom. The summed E-state index contributed by atoms with van der Waals surface area (Å²) >= 11 is 0. The van der Waals surface area contributed by atoms with Gasteiger partial charge in [0.2, 0.25) is 0 Å². The van der Waals surface area contributed by atoms with Crippen LogP contribution >= 0.6 is 0 Å². The molecule has 156 valence electrons. The Morgan fingerprint density at radius 1 is 0.852 bits per heavy atom. The fraction of sp³-hybridized carbons (Fsp3) is 1.00. The highest BCUT2D eigenvalue weighted by Gasteiger charge is 2.60. The molecule has 0 aliphatic heterocycles. The lowest BCUT2D eigenvalue weighted by Crippen LogP contribution is -2.53. The first-order valence-corrected chi connectivity index (χ1v) is 11.8. The van der Waals surface area contributed by atoms with Crippen molar-refractivity contribution in [3.63, 3.8) is 0 Å². The molecule has 0 bridgehead atoms. The highest BCUT2D eigenvalue weighted by Crippen LogP contribution is 2.68. The lowest BCUT2D eigenvalue weighted by atomic mass is 9.44. The van der Waals surface area contributed by atoms with Gasteiger partial charge >= 0.3 is 0 Å². The maximum atomic E-state index is 9.31. The van der Waals surface area contributed by atoms with Crippen LogP contribution in [0, 0.1) is 46.3 Å². The summed E-state index contributed by atoms with van der Waals surface area (Å²) in [5.41, 5.74) is 1.03. The first kappa shape index (κ1) is 20.2. The zero-order valence-electron chi connectivity index (χ0n) is 17.8. The van der Waals surface area contributed by atoms with E-state index in [0.717, 1.165) is 23.7 Å². The van der Waals surface area contributed by atoms with E-state index in [4.69, 9.17) is 0 Å². The average Bonchev–Trinajstić information content (AvgIpc) is 2.96. The Balaban J connectivity index is 1.49. The molecule has 2 unspecified atom stereocenters. The Morgan fingerprint density at radius 2 is 1.59 bits per heavy atom. The summed E-state index contributed by atoms with van der Waals surface area (Å²) < 4.78 is 0. The smallest absolute Gasteiger partial charge is 0.275 e. The molecule has 0 radical (unpaired) electrons. The van der Waals surface area contributed by atoms with E-state index in [-0.39, 0.29) is 6.42 Å². The van der Waals surface area contributed by atoms with Crippen molar-refractivity contribution < 1.29 is 15.3 Å². The van der Waals surface area contributed by atoms with Crippen molar-refractivity contribution in [1.82, 2.24) is 0 Å². The van der Waals surface area contributed by atoms with Crippen LogP contribution in [0.3, 0.4) is 0 Å². The van der Waals surface area contributed by atoms with E-state index in [1.807, 2.05) is 0 Å². The van der Waals surface area contributed by atoms with Crippen LogP contribution in [0.4, 0.5) is 0 Å². The van der Waals surface area contributed by atoms with E-state index in [1.54, 1.807) is 0 Å². The van der Waals surface area contributed by atoms with Gasteiger partial charge in [-0.1, -0.05) is 33.6 Å². The van der Waals surface area contributed by atoms with Crippen LogP contribution in [0.25, 0.3) is 0 Å². The molecule has 4 rings (SSSR count). The zero-order valence-corrected chi connectivity index (χ0v) is 17.8. The Hall–Kier alpha value is -0.120. The third-order valence-corrected chi connectivity index (χ3v) is 10.3. The van der Waals surface area contributed by atoms with Crippen molar-refractivity contribution in [2.24, 2.45) is 46.3 Å². The number of rotatable bonds is 4. The lowest BCUT2D eigenvalue weighted by Gasteiger charge is -2.61. The van der Waals surface area contributed by atoms with Gasteiger partial charge in [0.25, 0.3) is 5.97 Å². The highest BCUT2D eigenvalue weighted by atomic mass is 16.7. The zero-order chi connectivity index (χ0) is 19.4. The third-order valence-electron chi connectivity index (χ3n) is 10.3. The van der Waals surface area contributed by atoms with Crippen LogP contribution in [-0.4, -0.2) is 21.3 Å². The van der Waals surface area contributed by atoms with Crippen molar-refractivity contribution >= 4 is 0 Å². The highest BCUT2D eigenvalue weighted by molar-refractivity contribution is 5.09. The van der Waals surface area contributed by atoms with Crippen LogP contribution in [0.2, 0.25) is 0 Å². The fourth-order valence-electron chi connectivity index (χ4n) is 8.89. The topological polar surface area (TPSA) is 60.7 Å².